The van der Waals surface area contributed by atoms with Crippen LogP contribution in [0.15, 0.2) is 18.2 Å². The Kier molecular flexibility index (Phi) is 3.08. The first-order valence-electron chi connectivity index (χ1n) is 3.72. The van der Waals surface area contributed by atoms with Crippen molar-refractivity contribution in [3.05, 3.63) is 39.7 Å². The van der Waals surface area contributed by atoms with Crippen LogP contribution in [0.3, 0.4) is 0 Å². The molecule has 4 nitrogen and oxygen atoms in total. The second-order valence-electron chi connectivity index (χ2n) is 2.68. The number of nitro groups is 1. The maximum atomic E-state index is 13.2. The van der Waals surface area contributed by atoms with Crippen molar-refractivity contribution in [2.24, 2.45) is 5.73 Å². The van der Waals surface area contributed by atoms with Crippen molar-refractivity contribution in [2.45, 2.75) is 6.42 Å². The van der Waals surface area contributed by atoms with Gasteiger partial charge in [-0.2, -0.15) is 0 Å². The van der Waals surface area contributed by atoms with E-state index in [4.69, 9.17) is 5.73 Å². The Morgan fingerprint density at radius 3 is 2.71 bits per heavy atom. The minimum absolute atomic E-state index is 0.110. The molecule has 0 radical (unpaired) electrons. The third kappa shape index (κ3) is 2.46. The van der Waals surface area contributed by atoms with Gasteiger partial charge in [0.05, 0.1) is 16.0 Å². The lowest BCUT2D eigenvalue weighted by molar-refractivity contribution is -0.385. The molecule has 14 heavy (non-hydrogen) atoms. The summed E-state index contributed by atoms with van der Waals surface area (Å²) in [5.74, 6) is -0.660. The van der Waals surface area contributed by atoms with Crippen molar-refractivity contribution in [3.63, 3.8) is 0 Å². The number of thiocarbonyl (C=S) groups is 1. The predicted octanol–water partition coefficient (Wildman–Crippen LogP) is 1.56. The van der Waals surface area contributed by atoms with Gasteiger partial charge in [-0.3, -0.25) is 10.1 Å². The highest BCUT2D eigenvalue weighted by Crippen LogP contribution is 2.16. The Morgan fingerprint density at radius 2 is 2.29 bits per heavy atom. The monoisotopic (exact) mass is 214 g/mol. The number of non-ortho nitro benzene ring substituents is 1. The summed E-state index contributed by atoms with van der Waals surface area (Å²) in [4.78, 5) is 9.77. The third-order valence-corrected chi connectivity index (χ3v) is 1.76. The molecule has 0 unspecified atom stereocenters. The van der Waals surface area contributed by atoms with Crippen molar-refractivity contribution >= 4 is 22.9 Å². The smallest absolute Gasteiger partial charge is 0.272 e. The molecule has 0 fully saturated rings. The highest BCUT2D eigenvalue weighted by atomic mass is 32.1. The number of hydrogen-bond donors (Lipinski definition) is 1. The number of benzene rings is 1. The van der Waals surface area contributed by atoms with Gasteiger partial charge in [-0.05, 0) is 11.6 Å². The SMILES string of the molecule is NC(=S)Cc1ccc([N+](=O)[O-])cc1F. The van der Waals surface area contributed by atoms with Gasteiger partial charge >= 0.3 is 0 Å². The summed E-state index contributed by atoms with van der Waals surface area (Å²) in [5, 5.41) is 10.3. The largest absolute Gasteiger partial charge is 0.393 e. The number of hydrogen-bond acceptors (Lipinski definition) is 3. The summed E-state index contributed by atoms with van der Waals surface area (Å²) in [5.41, 5.74) is 5.21. The van der Waals surface area contributed by atoms with Crippen molar-refractivity contribution in [2.75, 3.05) is 0 Å². The topological polar surface area (TPSA) is 69.2 Å². The molecule has 0 aliphatic heterocycles. The van der Waals surface area contributed by atoms with Crippen LogP contribution in [0.5, 0.6) is 0 Å². The lowest BCUT2D eigenvalue weighted by atomic mass is 10.1. The fourth-order valence-electron chi connectivity index (χ4n) is 0.981. The number of nitrogens with zero attached hydrogens (tertiary/aromatic N) is 1. The number of nitrogens with two attached hydrogens (primary N) is 1. The van der Waals surface area contributed by atoms with Gasteiger partial charge < -0.3 is 5.73 Å². The van der Waals surface area contributed by atoms with Crippen LogP contribution >= 0.6 is 12.2 Å². The van der Waals surface area contributed by atoms with E-state index < -0.39 is 10.7 Å². The van der Waals surface area contributed by atoms with Crippen LogP contribution in [-0.2, 0) is 6.42 Å². The summed E-state index contributed by atoms with van der Waals surface area (Å²) in [6.45, 7) is 0. The average molecular weight is 214 g/mol. The van der Waals surface area contributed by atoms with Gasteiger partial charge in [0.15, 0.2) is 0 Å². The molecule has 2 N–H and O–H groups in total. The molecule has 0 saturated carbocycles. The Balaban J connectivity index is 3.01. The van der Waals surface area contributed by atoms with Gasteiger partial charge in [0.25, 0.3) is 5.69 Å². The zero-order valence-corrected chi connectivity index (χ0v) is 7.88. The molecule has 0 aliphatic carbocycles. The molecule has 0 bridgehead atoms. The summed E-state index contributed by atoms with van der Waals surface area (Å²) in [7, 11) is 0. The lowest BCUT2D eigenvalue weighted by Crippen LogP contribution is -2.12. The average Bonchev–Trinajstić information content (AvgIpc) is 2.07. The molecule has 74 valence electrons. The number of rotatable bonds is 3. The van der Waals surface area contributed by atoms with Crippen molar-refractivity contribution < 1.29 is 9.31 Å². The van der Waals surface area contributed by atoms with Crippen LogP contribution in [0.2, 0.25) is 0 Å². The molecule has 1 aromatic rings. The van der Waals surface area contributed by atoms with Crippen LogP contribution in [0.4, 0.5) is 10.1 Å². The van der Waals surface area contributed by atoms with E-state index in [0.717, 1.165) is 6.07 Å². The summed E-state index contributed by atoms with van der Waals surface area (Å²) in [6.07, 6.45) is 0.110. The van der Waals surface area contributed by atoms with E-state index in [2.05, 4.69) is 12.2 Å². The van der Waals surface area contributed by atoms with Crippen LogP contribution in [0, 0.1) is 15.9 Å². The maximum absolute atomic E-state index is 13.2. The first-order valence-corrected chi connectivity index (χ1v) is 4.12. The molecular formula is C8H7FN2O2S. The van der Waals surface area contributed by atoms with E-state index in [0.29, 0.717) is 0 Å². The Labute approximate surface area is 84.7 Å². The summed E-state index contributed by atoms with van der Waals surface area (Å²) < 4.78 is 13.2. The predicted molar refractivity (Wildman–Crippen MR) is 53.5 cm³/mol. The second-order valence-corrected chi connectivity index (χ2v) is 3.20. The molecule has 6 heteroatoms. The van der Waals surface area contributed by atoms with Gasteiger partial charge in [-0.15, -0.1) is 0 Å². The van der Waals surface area contributed by atoms with E-state index >= 15 is 0 Å². The van der Waals surface area contributed by atoms with Crippen LogP contribution in [0.25, 0.3) is 0 Å². The Morgan fingerprint density at radius 1 is 1.64 bits per heavy atom. The quantitative estimate of drug-likeness (QED) is 0.471. The molecule has 0 heterocycles. The number of halogens is 1. The fourth-order valence-corrected chi connectivity index (χ4v) is 1.14. The van der Waals surface area contributed by atoms with Gasteiger partial charge in [-0.25, -0.2) is 4.39 Å². The van der Waals surface area contributed by atoms with Gasteiger partial charge in [0, 0.05) is 12.5 Å². The van der Waals surface area contributed by atoms with E-state index in [9.17, 15) is 14.5 Å². The van der Waals surface area contributed by atoms with E-state index in [1.165, 1.54) is 12.1 Å². The normalized spacial score (nSPS) is 9.79. The molecule has 0 atom stereocenters. The standard InChI is InChI=1S/C8H7FN2O2S/c9-7-4-6(11(12)13)2-1-5(7)3-8(10)14/h1-2,4H,3H2,(H2,10,14). The van der Waals surface area contributed by atoms with Crippen LogP contribution < -0.4 is 5.73 Å². The van der Waals surface area contributed by atoms with Crippen LogP contribution in [0.1, 0.15) is 5.56 Å². The first kappa shape index (κ1) is 10.5. The molecule has 0 aromatic heterocycles. The van der Waals surface area contributed by atoms with Crippen molar-refractivity contribution in [1.29, 1.82) is 0 Å². The summed E-state index contributed by atoms with van der Waals surface area (Å²) in [6, 6.07) is 3.39. The molecule has 0 saturated heterocycles. The van der Waals surface area contributed by atoms with E-state index in [1.54, 1.807) is 0 Å². The van der Waals surface area contributed by atoms with Gasteiger partial charge in [-0.1, -0.05) is 12.2 Å². The second kappa shape index (κ2) is 4.10. The molecular weight excluding hydrogens is 207 g/mol. The minimum atomic E-state index is -0.660. The molecule has 0 amide bonds. The maximum Gasteiger partial charge on any atom is 0.272 e. The molecule has 0 spiro atoms. The van der Waals surface area contributed by atoms with E-state index in [1.807, 2.05) is 0 Å². The minimum Gasteiger partial charge on any atom is -0.393 e. The van der Waals surface area contributed by atoms with E-state index in [-0.39, 0.29) is 22.7 Å². The summed E-state index contributed by atoms with van der Waals surface area (Å²) >= 11 is 4.60. The number of nitro benzene ring substituents is 1. The molecule has 0 aliphatic rings. The highest BCUT2D eigenvalue weighted by molar-refractivity contribution is 7.80. The highest BCUT2D eigenvalue weighted by Gasteiger charge is 2.10. The lowest BCUT2D eigenvalue weighted by Gasteiger charge is -2.00. The first-order chi connectivity index (χ1) is 6.50. The van der Waals surface area contributed by atoms with Crippen LogP contribution in [-0.4, -0.2) is 9.91 Å². The fraction of sp³-hybridized carbons (Fsp3) is 0.125. The van der Waals surface area contributed by atoms with Crippen molar-refractivity contribution in [1.82, 2.24) is 0 Å². The molecule has 1 aromatic carbocycles. The zero-order valence-electron chi connectivity index (χ0n) is 7.07. The van der Waals surface area contributed by atoms with Gasteiger partial charge in [0.1, 0.15) is 5.82 Å². The molecule has 1 rings (SSSR count). The van der Waals surface area contributed by atoms with Gasteiger partial charge in [0.2, 0.25) is 0 Å². The Bertz CT molecular complexity index is 395. The third-order valence-electron chi connectivity index (χ3n) is 1.61. The Hall–Kier alpha value is -1.56. The van der Waals surface area contributed by atoms with Crippen molar-refractivity contribution in [3.8, 4) is 0 Å². The zero-order chi connectivity index (χ0) is 10.7.